The van der Waals surface area contributed by atoms with Gasteiger partial charge in [0.2, 0.25) is 0 Å². The van der Waals surface area contributed by atoms with Crippen LogP contribution in [-0.2, 0) is 16.4 Å². The minimum Gasteiger partial charge on any atom is -0.399 e. The van der Waals surface area contributed by atoms with Gasteiger partial charge in [0, 0.05) is 29.1 Å². The molecule has 2 aromatic rings. The van der Waals surface area contributed by atoms with Crippen molar-refractivity contribution in [1.82, 2.24) is 10.3 Å². The number of amides is 1. The maximum atomic E-state index is 12.0. The minimum absolute atomic E-state index is 0.0249. The zero-order valence-electron chi connectivity index (χ0n) is 10.7. The van der Waals surface area contributed by atoms with Crippen molar-refractivity contribution in [3.63, 3.8) is 0 Å². The lowest BCUT2D eigenvalue weighted by molar-refractivity contribution is 0.0950. The standard InChI is InChI=1S/C12H13N3O3S2/c1-20(17,18)10-5-8(4-9(13)6-10)12(16)15-7-11-14-2-3-19-11/h2-6H,7,13H2,1H3,(H,15,16). The first-order valence-corrected chi connectivity index (χ1v) is 8.40. The summed E-state index contributed by atoms with van der Waals surface area (Å²) in [6.07, 6.45) is 2.72. The minimum atomic E-state index is -3.41. The topological polar surface area (TPSA) is 102 Å². The molecule has 0 atom stereocenters. The van der Waals surface area contributed by atoms with Crippen LogP contribution in [0.25, 0.3) is 0 Å². The summed E-state index contributed by atoms with van der Waals surface area (Å²) >= 11 is 1.42. The molecule has 0 spiro atoms. The Morgan fingerprint density at radius 2 is 2.15 bits per heavy atom. The first kappa shape index (κ1) is 14.5. The molecule has 0 unspecified atom stereocenters. The molecular formula is C12H13N3O3S2. The second-order valence-electron chi connectivity index (χ2n) is 4.17. The number of nitrogen functional groups attached to an aromatic ring is 1. The van der Waals surface area contributed by atoms with Crippen molar-refractivity contribution in [2.45, 2.75) is 11.4 Å². The van der Waals surface area contributed by atoms with E-state index >= 15 is 0 Å². The smallest absolute Gasteiger partial charge is 0.251 e. The second-order valence-corrected chi connectivity index (χ2v) is 7.17. The second kappa shape index (κ2) is 5.59. The molecule has 1 amide bonds. The summed E-state index contributed by atoms with van der Waals surface area (Å²) in [6.45, 7) is 0.291. The number of carbonyl (C=O) groups excluding carboxylic acids is 1. The number of benzene rings is 1. The van der Waals surface area contributed by atoms with Crippen LogP contribution in [-0.4, -0.2) is 25.6 Å². The largest absolute Gasteiger partial charge is 0.399 e. The summed E-state index contributed by atoms with van der Waals surface area (Å²) in [5.41, 5.74) is 6.07. The van der Waals surface area contributed by atoms with Gasteiger partial charge in [0.05, 0.1) is 11.4 Å². The Kier molecular flexibility index (Phi) is 4.05. The highest BCUT2D eigenvalue weighted by Gasteiger charge is 2.13. The molecule has 0 aliphatic carbocycles. The van der Waals surface area contributed by atoms with E-state index in [4.69, 9.17) is 5.73 Å². The van der Waals surface area contributed by atoms with Crippen LogP contribution in [0, 0.1) is 0 Å². The molecule has 0 saturated carbocycles. The fraction of sp³-hybridized carbons (Fsp3) is 0.167. The van der Waals surface area contributed by atoms with E-state index in [1.54, 1.807) is 6.20 Å². The molecule has 1 aromatic carbocycles. The van der Waals surface area contributed by atoms with Crippen LogP contribution in [0.5, 0.6) is 0 Å². The van der Waals surface area contributed by atoms with Crippen molar-refractivity contribution in [3.05, 3.63) is 40.3 Å². The highest BCUT2D eigenvalue weighted by Crippen LogP contribution is 2.17. The zero-order chi connectivity index (χ0) is 14.8. The predicted octanol–water partition coefficient (Wildman–Crippen LogP) is 1.06. The van der Waals surface area contributed by atoms with Gasteiger partial charge >= 0.3 is 0 Å². The van der Waals surface area contributed by atoms with Crippen LogP contribution in [0.2, 0.25) is 0 Å². The normalized spacial score (nSPS) is 11.2. The number of rotatable bonds is 4. The van der Waals surface area contributed by atoms with E-state index in [9.17, 15) is 13.2 Å². The van der Waals surface area contributed by atoms with Gasteiger partial charge in [0.1, 0.15) is 5.01 Å². The molecule has 1 aromatic heterocycles. The Hall–Kier alpha value is -1.93. The fourth-order valence-corrected chi connectivity index (χ4v) is 2.81. The average Bonchev–Trinajstić information content (AvgIpc) is 2.87. The van der Waals surface area contributed by atoms with E-state index in [1.807, 2.05) is 5.38 Å². The third-order valence-electron chi connectivity index (χ3n) is 2.50. The maximum absolute atomic E-state index is 12.0. The maximum Gasteiger partial charge on any atom is 0.251 e. The molecule has 0 radical (unpaired) electrons. The molecule has 6 nitrogen and oxygen atoms in total. The summed E-state index contributed by atoms with van der Waals surface area (Å²) in [4.78, 5) is 16.1. The number of hydrogen-bond donors (Lipinski definition) is 2. The van der Waals surface area contributed by atoms with Crippen molar-refractivity contribution in [2.24, 2.45) is 0 Å². The number of sulfone groups is 1. The first-order chi connectivity index (χ1) is 9.36. The average molecular weight is 311 g/mol. The Morgan fingerprint density at radius 1 is 1.40 bits per heavy atom. The zero-order valence-corrected chi connectivity index (χ0v) is 12.3. The van der Waals surface area contributed by atoms with Crippen LogP contribution < -0.4 is 11.1 Å². The van der Waals surface area contributed by atoms with Gasteiger partial charge in [0.15, 0.2) is 9.84 Å². The molecule has 8 heteroatoms. The quantitative estimate of drug-likeness (QED) is 0.822. The van der Waals surface area contributed by atoms with Gasteiger partial charge in [-0.25, -0.2) is 13.4 Å². The summed E-state index contributed by atoms with van der Waals surface area (Å²) < 4.78 is 23.0. The number of nitrogens with zero attached hydrogens (tertiary/aromatic N) is 1. The summed E-state index contributed by atoms with van der Waals surface area (Å²) in [5, 5.41) is 5.24. The molecule has 3 N–H and O–H groups in total. The molecule has 0 saturated heterocycles. The van der Waals surface area contributed by atoms with Crippen LogP contribution in [0.15, 0.2) is 34.7 Å². The summed E-state index contributed by atoms with van der Waals surface area (Å²) in [7, 11) is -3.41. The number of nitrogens with one attached hydrogen (secondary N) is 1. The highest BCUT2D eigenvalue weighted by atomic mass is 32.2. The van der Waals surface area contributed by atoms with Crippen molar-refractivity contribution >= 4 is 32.8 Å². The van der Waals surface area contributed by atoms with E-state index in [0.717, 1.165) is 11.3 Å². The van der Waals surface area contributed by atoms with E-state index in [2.05, 4.69) is 10.3 Å². The van der Waals surface area contributed by atoms with Gasteiger partial charge in [0.25, 0.3) is 5.91 Å². The molecule has 2 rings (SSSR count). The fourth-order valence-electron chi connectivity index (χ4n) is 1.57. The van der Waals surface area contributed by atoms with Gasteiger partial charge in [-0.1, -0.05) is 0 Å². The van der Waals surface area contributed by atoms with E-state index in [-0.39, 0.29) is 16.1 Å². The van der Waals surface area contributed by atoms with E-state index in [0.29, 0.717) is 6.54 Å². The molecule has 106 valence electrons. The Bertz CT molecular complexity index is 724. The third-order valence-corrected chi connectivity index (χ3v) is 4.37. The molecular weight excluding hydrogens is 298 g/mol. The lowest BCUT2D eigenvalue weighted by Crippen LogP contribution is -2.23. The van der Waals surface area contributed by atoms with Crippen LogP contribution in [0.3, 0.4) is 0 Å². The Morgan fingerprint density at radius 3 is 2.75 bits per heavy atom. The monoisotopic (exact) mass is 311 g/mol. The Balaban J connectivity index is 2.19. The summed E-state index contributed by atoms with van der Waals surface area (Å²) in [5.74, 6) is -0.391. The number of carbonyl (C=O) groups is 1. The Labute approximate surface area is 120 Å². The van der Waals surface area contributed by atoms with Gasteiger partial charge in [-0.3, -0.25) is 4.79 Å². The van der Waals surface area contributed by atoms with E-state index in [1.165, 1.54) is 29.5 Å². The van der Waals surface area contributed by atoms with Crippen LogP contribution in [0.1, 0.15) is 15.4 Å². The van der Waals surface area contributed by atoms with Gasteiger partial charge in [-0.05, 0) is 18.2 Å². The number of hydrogen-bond acceptors (Lipinski definition) is 6. The molecule has 0 aliphatic heterocycles. The molecule has 0 aliphatic rings. The molecule has 0 bridgehead atoms. The summed E-state index contributed by atoms with van der Waals surface area (Å²) in [6, 6.07) is 4.07. The number of nitrogens with two attached hydrogens (primary N) is 1. The first-order valence-electron chi connectivity index (χ1n) is 5.63. The van der Waals surface area contributed by atoms with Crippen LogP contribution >= 0.6 is 11.3 Å². The van der Waals surface area contributed by atoms with Crippen molar-refractivity contribution in [1.29, 1.82) is 0 Å². The highest BCUT2D eigenvalue weighted by molar-refractivity contribution is 7.90. The van der Waals surface area contributed by atoms with Gasteiger partial charge in [-0.2, -0.15) is 0 Å². The third kappa shape index (κ3) is 3.55. The lowest BCUT2D eigenvalue weighted by atomic mass is 10.2. The van der Waals surface area contributed by atoms with E-state index < -0.39 is 15.7 Å². The number of anilines is 1. The molecule has 1 heterocycles. The van der Waals surface area contributed by atoms with Crippen molar-refractivity contribution in [3.8, 4) is 0 Å². The van der Waals surface area contributed by atoms with Crippen molar-refractivity contribution < 1.29 is 13.2 Å². The number of thiazole rings is 1. The number of aromatic nitrogens is 1. The SMILES string of the molecule is CS(=O)(=O)c1cc(N)cc(C(=O)NCc2nccs2)c1. The van der Waals surface area contributed by atoms with Gasteiger partial charge < -0.3 is 11.1 Å². The molecule has 20 heavy (non-hydrogen) atoms. The van der Waals surface area contributed by atoms with Crippen molar-refractivity contribution in [2.75, 3.05) is 12.0 Å². The molecule has 0 fully saturated rings. The predicted molar refractivity (Wildman–Crippen MR) is 77.2 cm³/mol. The van der Waals surface area contributed by atoms with Crippen LogP contribution in [0.4, 0.5) is 5.69 Å². The van der Waals surface area contributed by atoms with Gasteiger partial charge in [-0.15, -0.1) is 11.3 Å². The lowest BCUT2D eigenvalue weighted by Gasteiger charge is -2.07.